The summed E-state index contributed by atoms with van der Waals surface area (Å²) < 4.78 is 5.33. The van der Waals surface area contributed by atoms with E-state index in [0.717, 1.165) is 45.9 Å². The smallest absolute Gasteiger partial charge is 0.140 e. The fraction of sp³-hybridized carbons (Fsp3) is 0.917. The average molecular weight is 258 g/mol. The highest BCUT2D eigenvalue weighted by Crippen LogP contribution is 2.02. The van der Waals surface area contributed by atoms with E-state index < -0.39 is 0 Å². The van der Waals surface area contributed by atoms with Crippen molar-refractivity contribution in [3.8, 4) is 0 Å². The molecule has 106 valence electrons. The normalized spacial score (nSPS) is 18.8. The van der Waals surface area contributed by atoms with Crippen molar-refractivity contribution in [2.24, 2.45) is 10.9 Å². The maximum absolute atomic E-state index is 8.54. The Morgan fingerprint density at radius 1 is 1.39 bits per heavy atom. The first-order valence-electron chi connectivity index (χ1n) is 6.64. The van der Waals surface area contributed by atoms with Gasteiger partial charge in [-0.25, -0.2) is 0 Å². The monoisotopic (exact) mass is 258 g/mol. The minimum Gasteiger partial charge on any atom is -0.409 e. The molecule has 0 unspecified atom stereocenters. The minimum absolute atomic E-state index is 0.298. The Kier molecular flexibility index (Phi) is 7.00. The van der Waals surface area contributed by atoms with E-state index in [2.05, 4.69) is 28.8 Å². The van der Waals surface area contributed by atoms with E-state index in [1.54, 1.807) is 0 Å². The van der Waals surface area contributed by atoms with Crippen molar-refractivity contribution >= 4 is 5.84 Å². The molecule has 0 aromatic heterocycles. The molecule has 0 radical (unpaired) electrons. The van der Waals surface area contributed by atoms with Crippen LogP contribution in [0.4, 0.5) is 0 Å². The van der Waals surface area contributed by atoms with E-state index in [1.165, 1.54) is 0 Å². The molecule has 0 bridgehead atoms. The standard InChI is InChI=1S/C12H26N4O2/c1-11(2)16(4-3-12(13)14-17)6-5-15-7-9-18-10-8-15/h11,17H,3-10H2,1-2H3,(H2,13,14). The van der Waals surface area contributed by atoms with Gasteiger partial charge in [0, 0.05) is 45.2 Å². The number of hydrogen-bond acceptors (Lipinski definition) is 5. The molecule has 0 aliphatic carbocycles. The molecule has 3 N–H and O–H groups in total. The van der Waals surface area contributed by atoms with Crippen LogP contribution in [0.5, 0.6) is 0 Å². The van der Waals surface area contributed by atoms with Gasteiger partial charge in [-0.2, -0.15) is 0 Å². The number of ether oxygens (including phenoxy) is 1. The summed E-state index contributed by atoms with van der Waals surface area (Å²) in [6.07, 6.45) is 0.609. The molecule has 0 aromatic rings. The number of oxime groups is 1. The van der Waals surface area contributed by atoms with Gasteiger partial charge >= 0.3 is 0 Å². The van der Waals surface area contributed by atoms with Crippen LogP contribution >= 0.6 is 0 Å². The Hall–Kier alpha value is -0.850. The van der Waals surface area contributed by atoms with Gasteiger partial charge in [-0.15, -0.1) is 0 Å². The van der Waals surface area contributed by atoms with Crippen molar-refractivity contribution in [1.29, 1.82) is 0 Å². The topological polar surface area (TPSA) is 74.3 Å². The Morgan fingerprint density at radius 3 is 2.61 bits per heavy atom. The highest BCUT2D eigenvalue weighted by Gasteiger charge is 2.14. The van der Waals surface area contributed by atoms with E-state index >= 15 is 0 Å². The Balaban J connectivity index is 2.28. The molecule has 6 heteroatoms. The third-order valence-corrected chi connectivity index (χ3v) is 3.32. The van der Waals surface area contributed by atoms with Crippen molar-refractivity contribution in [2.75, 3.05) is 45.9 Å². The zero-order valence-electron chi connectivity index (χ0n) is 11.5. The molecule has 0 saturated carbocycles. The lowest BCUT2D eigenvalue weighted by atomic mass is 10.2. The van der Waals surface area contributed by atoms with Crippen molar-refractivity contribution in [3.63, 3.8) is 0 Å². The minimum atomic E-state index is 0.298. The highest BCUT2D eigenvalue weighted by molar-refractivity contribution is 5.79. The molecule has 6 nitrogen and oxygen atoms in total. The highest BCUT2D eigenvalue weighted by atomic mass is 16.5. The molecule has 0 amide bonds. The van der Waals surface area contributed by atoms with Crippen molar-refractivity contribution in [1.82, 2.24) is 9.80 Å². The molecule has 18 heavy (non-hydrogen) atoms. The Morgan fingerprint density at radius 2 is 2.06 bits per heavy atom. The number of morpholine rings is 1. The van der Waals surface area contributed by atoms with Gasteiger partial charge in [-0.05, 0) is 13.8 Å². The van der Waals surface area contributed by atoms with Crippen LogP contribution in [0, 0.1) is 0 Å². The first-order chi connectivity index (χ1) is 8.63. The number of rotatable bonds is 7. The summed E-state index contributed by atoms with van der Waals surface area (Å²) in [5, 5.41) is 11.6. The number of hydrogen-bond donors (Lipinski definition) is 2. The summed E-state index contributed by atoms with van der Waals surface area (Å²) in [7, 11) is 0. The Labute approximate surface area is 109 Å². The molecule has 1 aliphatic heterocycles. The summed E-state index contributed by atoms with van der Waals surface area (Å²) in [5.41, 5.74) is 5.51. The third kappa shape index (κ3) is 5.66. The third-order valence-electron chi connectivity index (χ3n) is 3.32. The average Bonchev–Trinajstić information content (AvgIpc) is 2.39. The zero-order valence-corrected chi connectivity index (χ0v) is 11.5. The molecule has 0 spiro atoms. The zero-order chi connectivity index (χ0) is 13.4. The summed E-state index contributed by atoms with van der Waals surface area (Å²) >= 11 is 0. The van der Waals surface area contributed by atoms with Gasteiger partial charge in [0.25, 0.3) is 0 Å². The maximum Gasteiger partial charge on any atom is 0.140 e. The van der Waals surface area contributed by atoms with Gasteiger partial charge in [-0.1, -0.05) is 5.16 Å². The van der Waals surface area contributed by atoms with Crippen molar-refractivity contribution in [3.05, 3.63) is 0 Å². The fourth-order valence-electron chi connectivity index (χ4n) is 2.03. The molecule has 1 heterocycles. The van der Waals surface area contributed by atoms with Crippen molar-refractivity contribution < 1.29 is 9.94 Å². The second-order valence-electron chi connectivity index (χ2n) is 4.93. The van der Waals surface area contributed by atoms with Crippen LogP contribution in [0.1, 0.15) is 20.3 Å². The van der Waals surface area contributed by atoms with Crippen LogP contribution in [0.15, 0.2) is 5.16 Å². The van der Waals surface area contributed by atoms with Gasteiger partial charge in [0.15, 0.2) is 0 Å². The molecule has 0 atom stereocenters. The number of nitrogens with two attached hydrogens (primary N) is 1. The predicted octanol–water partition coefficient (Wildman–Crippen LogP) is 0.166. The second kappa shape index (κ2) is 8.29. The van der Waals surface area contributed by atoms with Crippen LogP contribution in [-0.4, -0.2) is 72.8 Å². The molecule has 1 saturated heterocycles. The summed E-state index contributed by atoms with van der Waals surface area (Å²) in [5.74, 6) is 0.298. The SMILES string of the molecule is CC(C)N(CC/C(N)=N/O)CCN1CCOCC1. The first kappa shape index (κ1) is 15.2. The van der Waals surface area contributed by atoms with E-state index in [4.69, 9.17) is 15.7 Å². The predicted molar refractivity (Wildman–Crippen MR) is 72.0 cm³/mol. The molecule has 1 fully saturated rings. The summed E-state index contributed by atoms with van der Waals surface area (Å²) in [4.78, 5) is 4.77. The second-order valence-corrected chi connectivity index (χ2v) is 4.93. The number of nitrogens with zero attached hydrogens (tertiary/aromatic N) is 3. The lowest BCUT2D eigenvalue weighted by Crippen LogP contribution is -2.43. The van der Waals surface area contributed by atoms with Crippen LogP contribution in [0.2, 0.25) is 0 Å². The molecule has 0 aromatic carbocycles. The van der Waals surface area contributed by atoms with Gasteiger partial charge in [0.2, 0.25) is 0 Å². The van der Waals surface area contributed by atoms with Crippen molar-refractivity contribution in [2.45, 2.75) is 26.3 Å². The molecule has 1 aliphatic rings. The van der Waals surface area contributed by atoms with Gasteiger partial charge < -0.3 is 15.7 Å². The van der Waals surface area contributed by atoms with E-state index in [-0.39, 0.29) is 0 Å². The van der Waals surface area contributed by atoms with Crippen LogP contribution in [-0.2, 0) is 4.74 Å². The molecular formula is C12H26N4O2. The lowest BCUT2D eigenvalue weighted by molar-refractivity contribution is 0.0319. The quantitative estimate of drug-likeness (QED) is 0.295. The largest absolute Gasteiger partial charge is 0.409 e. The first-order valence-corrected chi connectivity index (χ1v) is 6.64. The van der Waals surface area contributed by atoms with Crippen LogP contribution in [0.25, 0.3) is 0 Å². The summed E-state index contributed by atoms with van der Waals surface area (Å²) in [6.45, 7) is 11.0. The number of amidine groups is 1. The van der Waals surface area contributed by atoms with E-state index in [9.17, 15) is 0 Å². The molecular weight excluding hydrogens is 232 g/mol. The van der Waals surface area contributed by atoms with E-state index in [0.29, 0.717) is 18.3 Å². The summed E-state index contributed by atoms with van der Waals surface area (Å²) in [6, 6.07) is 0.470. The van der Waals surface area contributed by atoms with Crippen LogP contribution in [0.3, 0.4) is 0 Å². The lowest BCUT2D eigenvalue weighted by Gasteiger charge is -2.31. The van der Waals surface area contributed by atoms with Gasteiger partial charge in [0.05, 0.1) is 13.2 Å². The van der Waals surface area contributed by atoms with Gasteiger partial charge in [0.1, 0.15) is 5.84 Å². The molecule has 1 rings (SSSR count). The Bertz CT molecular complexity index is 252. The fourth-order valence-corrected chi connectivity index (χ4v) is 2.03. The maximum atomic E-state index is 8.54. The van der Waals surface area contributed by atoms with Gasteiger partial charge in [-0.3, -0.25) is 9.80 Å². The van der Waals surface area contributed by atoms with E-state index in [1.807, 2.05) is 0 Å². The van der Waals surface area contributed by atoms with Crippen LogP contribution < -0.4 is 5.73 Å².